The molecule has 1 aliphatic heterocycles. The summed E-state index contributed by atoms with van der Waals surface area (Å²) in [6.45, 7) is 7.33. The molecule has 0 aromatic heterocycles. The molecule has 1 unspecified atom stereocenters. The number of guanidine groups is 1. The summed E-state index contributed by atoms with van der Waals surface area (Å²) in [6.07, 6.45) is 3.86. The number of nitrogens with one attached hydrogen (secondary N) is 2. The van der Waals surface area contributed by atoms with E-state index in [2.05, 4.69) is 20.5 Å². The van der Waals surface area contributed by atoms with Gasteiger partial charge in [0.15, 0.2) is 5.96 Å². The SMILES string of the molecule is CN=C(NCCCN1CCCC1)NCC(C)Oc1cccc(OC)c1.I. The lowest BCUT2D eigenvalue weighted by molar-refractivity contribution is 0.223. The van der Waals surface area contributed by atoms with E-state index in [9.17, 15) is 0 Å². The Balaban J connectivity index is 0.00000338. The highest BCUT2D eigenvalue weighted by Gasteiger charge is 2.10. The molecule has 1 atom stereocenters. The smallest absolute Gasteiger partial charge is 0.191 e. The van der Waals surface area contributed by atoms with Crippen LogP contribution in [0.25, 0.3) is 0 Å². The van der Waals surface area contributed by atoms with Gasteiger partial charge in [-0.2, -0.15) is 0 Å². The Bertz CT molecular complexity index is 536. The van der Waals surface area contributed by atoms with Crippen molar-refractivity contribution >= 4 is 29.9 Å². The van der Waals surface area contributed by atoms with E-state index >= 15 is 0 Å². The third-order valence-electron chi connectivity index (χ3n) is 4.30. The van der Waals surface area contributed by atoms with Crippen molar-refractivity contribution in [2.24, 2.45) is 4.99 Å². The molecular formula is C19H33IN4O2. The monoisotopic (exact) mass is 476 g/mol. The molecule has 7 heteroatoms. The summed E-state index contributed by atoms with van der Waals surface area (Å²) in [7, 11) is 3.45. The minimum atomic E-state index is 0. The van der Waals surface area contributed by atoms with Crippen molar-refractivity contribution < 1.29 is 9.47 Å². The van der Waals surface area contributed by atoms with Gasteiger partial charge in [-0.05, 0) is 58.0 Å². The minimum absolute atomic E-state index is 0. The van der Waals surface area contributed by atoms with Crippen molar-refractivity contribution in [3.8, 4) is 11.5 Å². The molecule has 6 nitrogen and oxygen atoms in total. The minimum Gasteiger partial charge on any atom is -0.497 e. The summed E-state index contributed by atoms with van der Waals surface area (Å²) in [5, 5.41) is 6.68. The largest absolute Gasteiger partial charge is 0.497 e. The van der Waals surface area contributed by atoms with Crippen molar-refractivity contribution in [2.75, 3.05) is 46.9 Å². The lowest BCUT2D eigenvalue weighted by Crippen LogP contribution is -2.42. The van der Waals surface area contributed by atoms with Gasteiger partial charge in [0.2, 0.25) is 0 Å². The van der Waals surface area contributed by atoms with Gasteiger partial charge in [-0.15, -0.1) is 24.0 Å². The average molecular weight is 476 g/mol. The van der Waals surface area contributed by atoms with E-state index in [0.717, 1.165) is 30.4 Å². The average Bonchev–Trinajstić information content (AvgIpc) is 3.14. The molecule has 1 fully saturated rings. The highest BCUT2D eigenvalue weighted by Crippen LogP contribution is 2.19. The van der Waals surface area contributed by atoms with Crippen LogP contribution in [-0.4, -0.2) is 63.8 Å². The van der Waals surface area contributed by atoms with E-state index in [1.54, 1.807) is 14.2 Å². The molecule has 2 N–H and O–H groups in total. The van der Waals surface area contributed by atoms with Gasteiger partial charge in [-0.1, -0.05) is 6.07 Å². The normalized spacial score (nSPS) is 15.9. The first-order valence-electron chi connectivity index (χ1n) is 9.19. The van der Waals surface area contributed by atoms with Gasteiger partial charge >= 0.3 is 0 Å². The number of halogens is 1. The zero-order valence-corrected chi connectivity index (χ0v) is 18.5. The Kier molecular flexibility index (Phi) is 11.4. The van der Waals surface area contributed by atoms with E-state index in [-0.39, 0.29) is 30.1 Å². The second kappa shape index (κ2) is 13.0. The van der Waals surface area contributed by atoms with Crippen LogP contribution >= 0.6 is 24.0 Å². The third kappa shape index (κ3) is 8.44. The zero-order chi connectivity index (χ0) is 17.9. The van der Waals surface area contributed by atoms with Crippen LogP contribution < -0.4 is 20.1 Å². The number of methoxy groups -OCH3 is 1. The van der Waals surface area contributed by atoms with Crippen molar-refractivity contribution in [2.45, 2.75) is 32.3 Å². The lowest BCUT2D eigenvalue weighted by atomic mass is 10.3. The van der Waals surface area contributed by atoms with Crippen LogP contribution in [0, 0.1) is 0 Å². The molecule has 0 saturated carbocycles. The molecular weight excluding hydrogens is 443 g/mol. The fourth-order valence-electron chi connectivity index (χ4n) is 2.93. The predicted octanol–water partition coefficient (Wildman–Crippen LogP) is 2.73. The fraction of sp³-hybridized carbons (Fsp3) is 0.632. The summed E-state index contributed by atoms with van der Waals surface area (Å²) in [4.78, 5) is 6.80. The highest BCUT2D eigenvalue weighted by molar-refractivity contribution is 14.0. The molecule has 0 amide bonds. The Labute approximate surface area is 174 Å². The molecule has 0 bridgehead atoms. The molecule has 26 heavy (non-hydrogen) atoms. The molecule has 1 heterocycles. The van der Waals surface area contributed by atoms with Crippen molar-refractivity contribution in [1.29, 1.82) is 0 Å². The van der Waals surface area contributed by atoms with E-state index in [4.69, 9.17) is 9.47 Å². The predicted molar refractivity (Wildman–Crippen MR) is 118 cm³/mol. The second-order valence-corrected chi connectivity index (χ2v) is 6.39. The summed E-state index contributed by atoms with van der Waals surface area (Å²) >= 11 is 0. The van der Waals surface area contributed by atoms with Crippen LogP contribution in [0.4, 0.5) is 0 Å². The van der Waals surface area contributed by atoms with Gasteiger partial charge in [-0.3, -0.25) is 4.99 Å². The van der Waals surface area contributed by atoms with Crippen LogP contribution in [0.3, 0.4) is 0 Å². The molecule has 148 valence electrons. The molecule has 0 spiro atoms. The number of hydrogen-bond acceptors (Lipinski definition) is 4. The van der Waals surface area contributed by atoms with Gasteiger partial charge < -0.3 is 25.0 Å². The second-order valence-electron chi connectivity index (χ2n) is 6.39. The number of likely N-dealkylation sites (tertiary alicyclic amines) is 1. The maximum Gasteiger partial charge on any atom is 0.191 e. The zero-order valence-electron chi connectivity index (χ0n) is 16.2. The summed E-state index contributed by atoms with van der Waals surface area (Å²) in [5.74, 6) is 2.43. The van der Waals surface area contributed by atoms with E-state index in [0.29, 0.717) is 6.54 Å². The number of ether oxygens (including phenoxy) is 2. The third-order valence-corrected chi connectivity index (χ3v) is 4.30. The number of aliphatic imine (C=N–C) groups is 1. The Morgan fingerprint density at radius 2 is 1.96 bits per heavy atom. The first-order chi connectivity index (χ1) is 12.2. The van der Waals surface area contributed by atoms with Gasteiger partial charge in [0.1, 0.15) is 17.6 Å². The summed E-state index contributed by atoms with van der Waals surface area (Å²) in [6, 6.07) is 7.66. The van der Waals surface area contributed by atoms with E-state index < -0.39 is 0 Å². The Morgan fingerprint density at radius 3 is 2.65 bits per heavy atom. The number of nitrogens with zero attached hydrogens (tertiary/aromatic N) is 2. The van der Waals surface area contributed by atoms with Crippen molar-refractivity contribution in [3.05, 3.63) is 24.3 Å². The quantitative estimate of drug-likeness (QED) is 0.249. The fourth-order valence-corrected chi connectivity index (χ4v) is 2.93. The topological polar surface area (TPSA) is 58.1 Å². The van der Waals surface area contributed by atoms with Gasteiger partial charge in [0.05, 0.1) is 13.7 Å². The van der Waals surface area contributed by atoms with Gasteiger partial charge in [0.25, 0.3) is 0 Å². The molecule has 2 rings (SSSR count). The van der Waals surface area contributed by atoms with Crippen LogP contribution in [0.5, 0.6) is 11.5 Å². The number of benzene rings is 1. The van der Waals surface area contributed by atoms with Crippen LogP contribution in [0.15, 0.2) is 29.3 Å². The highest BCUT2D eigenvalue weighted by atomic mass is 127. The van der Waals surface area contributed by atoms with Crippen molar-refractivity contribution in [1.82, 2.24) is 15.5 Å². The van der Waals surface area contributed by atoms with Gasteiger partial charge in [0, 0.05) is 19.7 Å². The standard InChI is InChI=1S/C19H32N4O2.HI/c1-16(25-18-9-6-8-17(14-18)24-3)15-22-19(20-2)21-10-7-13-23-11-4-5-12-23;/h6,8-9,14,16H,4-5,7,10-13,15H2,1-3H3,(H2,20,21,22);1H. The first-order valence-corrected chi connectivity index (χ1v) is 9.19. The van der Waals surface area contributed by atoms with Gasteiger partial charge in [-0.25, -0.2) is 0 Å². The lowest BCUT2D eigenvalue weighted by Gasteiger charge is -2.19. The van der Waals surface area contributed by atoms with Crippen LogP contribution in [0.1, 0.15) is 26.2 Å². The Hall–Kier alpha value is -1.22. The number of hydrogen-bond donors (Lipinski definition) is 2. The molecule has 0 radical (unpaired) electrons. The van der Waals surface area contributed by atoms with E-state index in [1.807, 2.05) is 31.2 Å². The summed E-state index contributed by atoms with van der Waals surface area (Å²) in [5.41, 5.74) is 0. The first kappa shape index (κ1) is 22.8. The van der Waals surface area contributed by atoms with E-state index in [1.165, 1.54) is 32.5 Å². The number of rotatable bonds is 9. The maximum absolute atomic E-state index is 5.91. The van der Waals surface area contributed by atoms with Crippen LogP contribution in [-0.2, 0) is 0 Å². The van der Waals surface area contributed by atoms with Crippen molar-refractivity contribution in [3.63, 3.8) is 0 Å². The Morgan fingerprint density at radius 1 is 1.23 bits per heavy atom. The maximum atomic E-state index is 5.91. The molecule has 1 aromatic carbocycles. The molecule has 1 aliphatic rings. The molecule has 0 aliphatic carbocycles. The molecule has 1 aromatic rings. The summed E-state index contributed by atoms with van der Waals surface area (Å²) < 4.78 is 11.1. The molecule has 1 saturated heterocycles. The van der Waals surface area contributed by atoms with Crippen LogP contribution in [0.2, 0.25) is 0 Å².